The molecule has 1 rings (SSSR count). The van der Waals surface area contributed by atoms with E-state index in [4.69, 9.17) is 9.84 Å². The molecular weight excluding hydrogens is 323 g/mol. The third-order valence-electron chi connectivity index (χ3n) is 2.60. The number of nitro benzene ring substituents is 1. The quantitative estimate of drug-likeness (QED) is 0.628. The maximum atomic E-state index is 13.8. The number of benzene rings is 1. The molecule has 0 heterocycles. The summed E-state index contributed by atoms with van der Waals surface area (Å²) in [7, 11) is 0. The monoisotopic (exact) mass is 340 g/mol. The number of carboxylic acids is 1. The van der Waals surface area contributed by atoms with Crippen molar-refractivity contribution >= 4 is 23.8 Å². The summed E-state index contributed by atoms with van der Waals surface area (Å²) in [5.74, 6) is -2.52. The van der Waals surface area contributed by atoms with Gasteiger partial charge < -0.3 is 15.2 Å². The van der Waals surface area contributed by atoms with Crippen LogP contribution in [0.15, 0.2) is 18.2 Å². The van der Waals surface area contributed by atoms with Gasteiger partial charge in [-0.15, -0.1) is 0 Å². The maximum Gasteiger partial charge on any atom is 0.407 e. The summed E-state index contributed by atoms with van der Waals surface area (Å²) < 4.78 is 18.8. The lowest BCUT2D eigenvalue weighted by Gasteiger charge is -2.19. The van der Waals surface area contributed by atoms with Crippen molar-refractivity contribution < 1.29 is 28.7 Å². The molecule has 0 aromatic heterocycles. The highest BCUT2D eigenvalue weighted by atomic mass is 19.1. The maximum absolute atomic E-state index is 13.8. The number of halogens is 1. The number of carbonyl (C=O) groups excluding carboxylic acids is 1. The van der Waals surface area contributed by atoms with Gasteiger partial charge in [0.25, 0.3) is 5.69 Å². The molecule has 0 spiro atoms. The molecule has 0 aliphatic rings. The minimum Gasteiger partial charge on any atom is -0.477 e. The van der Waals surface area contributed by atoms with Crippen molar-refractivity contribution in [2.45, 2.75) is 26.4 Å². The molecular formula is C15H17FN2O6. The van der Waals surface area contributed by atoms with E-state index >= 15 is 0 Å². The van der Waals surface area contributed by atoms with Crippen molar-refractivity contribution in [2.24, 2.45) is 0 Å². The lowest BCUT2D eigenvalue weighted by molar-refractivity contribution is -0.385. The summed E-state index contributed by atoms with van der Waals surface area (Å²) in [6.07, 6.45) is 1.89. The van der Waals surface area contributed by atoms with Gasteiger partial charge in [0.1, 0.15) is 17.0 Å². The molecule has 130 valence electrons. The summed E-state index contributed by atoms with van der Waals surface area (Å²) in [6, 6.07) is 1.41. The highest BCUT2D eigenvalue weighted by molar-refractivity contribution is 5.92. The van der Waals surface area contributed by atoms with E-state index < -0.39 is 39.7 Å². The first-order valence-electron chi connectivity index (χ1n) is 6.86. The number of alkyl carbamates (subject to hydrolysis) is 1. The Morgan fingerprint density at radius 3 is 2.54 bits per heavy atom. The zero-order valence-electron chi connectivity index (χ0n) is 13.3. The van der Waals surface area contributed by atoms with Crippen LogP contribution in [-0.2, 0) is 4.74 Å². The first-order valence-corrected chi connectivity index (χ1v) is 6.86. The first kappa shape index (κ1) is 19.1. The van der Waals surface area contributed by atoms with Gasteiger partial charge in [-0.25, -0.2) is 14.0 Å². The van der Waals surface area contributed by atoms with Gasteiger partial charge in [0.05, 0.1) is 4.92 Å². The van der Waals surface area contributed by atoms with Crippen molar-refractivity contribution in [1.29, 1.82) is 0 Å². The highest BCUT2D eigenvalue weighted by Gasteiger charge is 2.22. The number of nitrogens with one attached hydrogen (secondary N) is 1. The second-order valence-electron chi connectivity index (χ2n) is 5.74. The smallest absolute Gasteiger partial charge is 0.407 e. The summed E-state index contributed by atoms with van der Waals surface area (Å²) >= 11 is 0. The Morgan fingerprint density at radius 2 is 2.04 bits per heavy atom. The summed E-state index contributed by atoms with van der Waals surface area (Å²) in [5.41, 5.74) is -2.28. The third kappa shape index (κ3) is 5.67. The molecule has 8 nitrogen and oxygen atoms in total. The van der Waals surface area contributed by atoms with Crippen molar-refractivity contribution in [3.63, 3.8) is 0 Å². The lowest BCUT2D eigenvalue weighted by atomic mass is 10.1. The summed E-state index contributed by atoms with van der Waals surface area (Å²) in [5, 5.41) is 22.1. The molecule has 0 saturated carbocycles. The average Bonchev–Trinajstić information content (AvgIpc) is 2.42. The molecule has 2 N–H and O–H groups in total. The fourth-order valence-corrected chi connectivity index (χ4v) is 1.67. The number of ether oxygens (including phenoxy) is 1. The number of carbonyl (C=O) groups is 2. The summed E-state index contributed by atoms with van der Waals surface area (Å²) in [6.45, 7) is 5.09. The van der Waals surface area contributed by atoms with E-state index in [1.807, 2.05) is 0 Å². The lowest BCUT2D eigenvalue weighted by Crippen LogP contribution is -2.32. The van der Waals surface area contributed by atoms with Gasteiger partial charge in [-0.3, -0.25) is 10.1 Å². The van der Waals surface area contributed by atoms with E-state index in [1.165, 1.54) is 12.2 Å². The van der Waals surface area contributed by atoms with Gasteiger partial charge in [0, 0.05) is 18.2 Å². The molecule has 1 aromatic carbocycles. The molecule has 1 aromatic rings. The second-order valence-corrected chi connectivity index (χ2v) is 5.74. The first-order chi connectivity index (χ1) is 11.0. The number of nitro groups is 1. The molecule has 9 heteroatoms. The van der Waals surface area contributed by atoms with Gasteiger partial charge in [-0.1, -0.05) is 12.2 Å². The number of nitrogens with zero attached hydrogens (tertiary/aromatic N) is 1. The van der Waals surface area contributed by atoms with Gasteiger partial charge in [-0.05, 0) is 26.8 Å². The van der Waals surface area contributed by atoms with E-state index in [-0.39, 0.29) is 12.1 Å². The van der Waals surface area contributed by atoms with Crippen LogP contribution in [0.5, 0.6) is 0 Å². The molecule has 0 fully saturated rings. The fraction of sp³-hybridized carbons (Fsp3) is 0.333. The molecule has 0 bridgehead atoms. The zero-order chi connectivity index (χ0) is 18.5. The number of hydrogen-bond donors (Lipinski definition) is 2. The molecule has 0 aliphatic carbocycles. The van der Waals surface area contributed by atoms with Crippen molar-refractivity contribution in [3.05, 3.63) is 45.3 Å². The second kappa shape index (κ2) is 7.53. The molecule has 0 saturated heterocycles. The topological polar surface area (TPSA) is 119 Å². The van der Waals surface area contributed by atoms with E-state index in [0.717, 1.165) is 6.07 Å². The van der Waals surface area contributed by atoms with Crippen LogP contribution < -0.4 is 5.32 Å². The van der Waals surface area contributed by atoms with E-state index in [0.29, 0.717) is 6.07 Å². The minimum atomic E-state index is -1.59. The molecule has 0 radical (unpaired) electrons. The number of amides is 1. The fourth-order valence-electron chi connectivity index (χ4n) is 1.67. The molecule has 1 amide bonds. The Hall–Kier alpha value is -2.97. The highest BCUT2D eigenvalue weighted by Crippen LogP contribution is 2.24. The molecule has 24 heavy (non-hydrogen) atoms. The SMILES string of the molecule is CC(C)(C)OC(=O)NCC=Cc1cc([N+](=O)[O-])c(C(=O)O)cc1F. The van der Waals surface area contributed by atoms with Crippen LogP contribution in [0.2, 0.25) is 0 Å². The summed E-state index contributed by atoms with van der Waals surface area (Å²) in [4.78, 5) is 32.3. The molecule has 0 unspecified atom stereocenters. The van der Waals surface area contributed by atoms with Gasteiger partial charge in [0.2, 0.25) is 0 Å². The Kier molecular flexibility index (Phi) is 5.99. The normalized spacial score (nSPS) is 11.3. The molecule has 0 atom stereocenters. The van der Waals surface area contributed by atoms with Crippen LogP contribution in [0.3, 0.4) is 0 Å². The zero-order valence-corrected chi connectivity index (χ0v) is 13.3. The van der Waals surface area contributed by atoms with Gasteiger partial charge >= 0.3 is 12.1 Å². The Morgan fingerprint density at radius 1 is 1.42 bits per heavy atom. The van der Waals surface area contributed by atoms with E-state index in [2.05, 4.69) is 5.32 Å². The van der Waals surface area contributed by atoms with Crippen molar-refractivity contribution in [1.82, 2.24) is 5.32 Å². The van der Waals surface area contributed by atoms with Crippen LogP contribution in [0.25, 0.3) is 6.08 Å². The average molecular weight is 340 g/mol. The van der Waals surface area contributed by atoms with E-state index in [9.17, 15) is 24.1 Å². The Balaban J connectivity index is 2.84. The van der Waals surface area contributed by atoms with Gasteiger partial charge in [-0.2, -0.15) is 0 Å². The van der Waals surface area contributed by atoms with Crippen molar-refractivity contribution in [2.75, 3.05) is 6.54 Å². The van der Waals surface area contributed by atoms with Crippen LogP contribution >= 0.6 is 0 Å². The van der Waals surface area contributed by atoms with Crippen LogP contribution in [0, 0.1) is 15.9 Å². The van der Waals surface area contributed by atoms with Gasteiger partial charge in [0.15, 0.2) is 0 Å². The third-order valence-corrected chi connectivity index (χ3v) is 2.60. The molecule has 0 aliphatic heterocycles. The van der Waals surface area contributed by atoms with Crippen LogP contribution in [0.4, 0.5) is 14.9 Å². The number of aromatic carboxylic acids is 1. The number of rotatable bonds is 5. The largest absolute Gasteiger partial charge is 0.477 e. The number of carboxylic acid groups (broad SMARTS) is 1. The standard InChI is InChI=1S/C15H17FN2O6/c1-15(2,3)24-14(21)17-6-4-5-9-7-12(18(22)23)10(13(19)20)8-11(9)16/h4-5,7-8H,6H2,1-3H3,(H,17,21)(H,19,20). The van der Waals surface area contributed by atoms with Crippen LogP contribution in [0.1, 0.15) is 36.7 Å². The predicted octanol–water partition coefficient (Wildman–Crippen LogP) is 2.97. The minimum absolute atomic E-state index is 0.00281. The Bertz CT molecular complexity index is 694. The Labute approximate surface area is 137 Å². The number of hydrogen-bond acceptors (Lipinski definition) is 5. The van der Waals surface area contributed by atoms with Crippen molar-refractivity contribution in [3.8, 4) is 0 Å². The predicted molar refractivity (Wildman–Crippen MR) is 83.3 cm³/mol. The van der Waals surface area contributed by atoms with Crippen LogP contribution in [-0.4, -0.2) is 34.2 Å². The van der Waals surface area contributed by atoms with E-state index in [1.54, 1.807) is 20.8 Å².